The lowest BCUT2D eigenvalue weighted by Crippen LogP contribution is -2.46. The van der Waals surface area contributed by atoms with Gasteiger partial charge in [-0.3, -0.25) is 19.2 Å². The molecular formula is C57H80N4O12. The van der Waals surface area contributed by atoms with Crippen LogP contribution in [0.1, 0.15) is 151 Å². The number of methoxy groups -OCH3 is 1. The van der Waals surface area contributed by atoms with Crippen LogP contribution in [0.15, 0.2) is 48.5 Å². The van der Waals surface area contributed by atoms with Crippen molar-refractivity contribution in [3.63, 3.8) is 0 Å². The number of benzene rings is 3. The van der Waals surface area contributed by atoms with Crippen molar-refractivity contribution in [1.29, 1.82) is 0 Å². The van der Waals surface area contributed by atoms with Crippen molar-refractivity contribution in [3.05, 3.63) is 81.9 Å². The van der Waals surface area contributed by atoms with Crippen molar-refractivity contribution < 1.29 is 57.2 Å². The molecule has 16 heteroatoms. The molecule has 73 heavy (non-hydrogen) atoms. The van der Waals surface area contributed by atoms with E-state index in [1.807, 2.05) is 39.0 Å². The van der Waals surface area contributed by atoms with Crippen LogP contribution < -0.4 is 25.4 Å². The maximum atomic E-state index is 15.3. The number of amides is 4. The van der Waals surface area contributed by atoms with Gasteiger partial charge in [-0.2, -0.15) is 0 Å². The number of nitrogens with zero attached hydrogens (tertiary/aromatic N) is 1. The zero-order valence-electron chi connectivity index (χ0n) is 45.5. The van der Waals surface area contributed by atoms with E-state index in [0.29, 0.717) is 58.8 Å². The summed E-state index contributed by atoms with van der Waals surface area (Å²) in [5, 5.41) is 8.25. The Morgan fingerprint density at radius 1 is 0.767 bits per heavy atom. The monoisotopic (exact) mass is 1010 g/mol. The van der Waals surface area contributed by atoms with Crippen LogP contribution in [0.4, 0.5) is 9.59 Å². The standard InChI is InChI=1S/C57H80N4O12/c1-14-16-18-38-28-35(3)49(36(4)29-38)45(62)34-41(19-17-24-58-54(67)72-56(6,7)8)52(65)61(12)50-40-21-23-48(70-26-15-2)43(33-40)42-31-39(20-22-47(42)71-27-25-59-55(68)73-57(9,10)11)32-44(53(66)69-13)60-51(64)37(5)30-46(50)63/h20-23,28-29,31,33,37,41,44,50H,14-19,24-27,30,32,34H2,1-13H3,(H,58,67)(H,59,68)(H,60,64)/t37-,41-,44+,50+/m1/s1. The minimum atomic E-state index is -1.27. The van der Waals surface area contributed by atoms with Gasteiger partial charge in [0, 0.05) is 61.4 Å². The summed E-state index contributed by atoms with van der Waals surface area (Å²) in [7, 11) is 2.75. The minimum absolute atomic E-state index is 0.0307. The molecule has 3 aromatic carbocycles. The highest BCUT2D eigenvalue weighted by atomic mass is 16.6. The van der Waals surface area contributed by atoms with Gasteiger partial charge in [0.05, 0.1) is 20.3 Å². The van der Waals surface area contributed by atoms with Crippen LogP contribution in [-0.4, -0.2) is 104 Å². The van der Waals surface area contributed by atoms with E-state index >= 15 is 4.79 Å². The molecule has 1 aliphatic heterocycles. The van der Waals surface area contributed by atoms with E-state index in [0.717, 1.165) is 36.0 Å². The lowest BCUT2D eigenvalue weighted by atomic mass is 9.86. The summed E-state index contributed by atoms with van der Waals surface area (Å²) in [6.07, 6.45) is 2.40. The van der Waals surface area contributed by atoms with Crippen LogP contribution in [0.5, 0.6) is 11.5 Å². The average molecular weight is 1010 g/mol. The summed E-state index contributed by atoms with van der Waals surface area (Å²) in [5.41, 5.74) is 3.94. The lowest BCUT2D eigenvalue weighted by Gasteiger charge is -2.32. The number of likely N-dealkylation sites (N-methyl/N-ethyl adjacent to an activating group) is 1. The van der Waals surface area contributed by atoms with E-state index in [2.05, 4.69) is 22.9 Å². The molecule has 400 valence electrons. The maximum absolute atomic E-state index is 15.3. The molecule has 0 unspecified atom stereocenters. The summed E-state index contributed by atoms with van der Waals surface area (Å²) in [4.78, 5) is 98.3. The molecule has 4 atom stereocenters. The molecule has 4 bridgehead atoms. The first kappa shape index (κ1) is 59.1. The first-order valence-electron chi connectivity index (χ1n) is 25.6. The van der Waals surface area contributed by atoms with E-state index in [-0.39, 0.29) is 51.2 Å². The smallest absolute Gasteiger partial charge is 0.407 e. The molecule has 16 nitrogen and oxygen atoms in total. The number of nitrogens with one attached hydrogen (secondary N) is 3. The average Bonchev–Trinajstić information content (AvgIpc) is 3.30. The van der Waals surface area contributed by atoms with Crippen LogP contribution in [-0.2, 0) is 46.2 Å². The number of ketones is 2. The van der Waals surface area contributed by atoms with Crippen molar-refractivity contribution in [3.8, 4) is 22.6 Å². The summed E-state index contributed by atoms with van der Waals surface area (Å²) in [6, 6.07) is 12.2. The topological polar surface area (TPSA) is 205 Å². The highest BCUT2D eigenvalue weighted by Gasteiger charge is 2.37. The quantitative estimate of drug-likeness (QED) is 0.0419. The van der Waals surface area contributed by atoms with Gasteiger partial charge >= 0.3 is 18.2 Å². The SMILES string of the molecule is CCCCc1cc(C)c(C(=O)C[C@@H](CCCNC(=O)OC(C)(C)C)C(=O)N(C)[C@@H]2C(=O)C[C@@H](C)C(=O)N[C@H](C(=O)OC)Cc3ccc(OCCNC(=O)OC(C)(C)C)c(c3)-c3cc2ccc3OCCC)c(C)c1. The second-order valence-corrected chi connectivity index (χ2v) is 21.0. The van der Waals surface area contributed by atoms with Crippen LogP contribution in [0.2, 0.25) is 0 Å². The van der Waals surface area contributed by atoms with Gasteiger partial charge in [0.15, 0.2) is 11.6 Å². The highest BCUT2D eigenvalue weighted by Crippen LogP contribution is 2.41. The third-order valence-corrected chi connectivity index (χ3v) is 12.2. The van der Waals surface area contributed by atoms with Crippen LogP contribution in [0.25, 0.3) is 11.1 Å². The van der Waals surface area contributed by atoms with Gasteiger partial charge in [-0.15, -0.1) is 0 Å². The molecule has 3 aromatic rings. The van der Waals surface area contributed by atoms with Crippen molar-refractivity contribution >= 4 is 41.5 Å². The fraction of sp³-hybridized carbons (Fsp3) is 0.561. The van der Waals surface area contributed by atoms with Crippen molar-refractivity contribution in [1.82, 2.24) is 20.9 Å². The van der Waals surface area contributed by atoms with Gasteiger partial charge in [0.2, 0.25) is 11.8 Å². The third-order valence-electron chi connectivity index (χ3n) is 12.2. The van der Waals surface area contributed by atoms with E-state index in [1.165, 1.54) is 19.1 Å². The zero-order chi connectivity index (χ0) is 54.2. The van der Waals surface area contributed by atoms with E-state index in [4.69, 9.17) is 23.7 Å². The fourth-order valence-corrected chi connectivity index (χ4v) is 8.88. The number of hydrogen-bond donors (Lipinski definition) is 3. The number of fused-ring (bicyclic) bond motifs is 5. The molecule has 1 heterocycles. The Morgan fingerprint density at radius 3 is 1.95 bits per heavy atom. The normalized spacial score (nSPS) is 16.5. The third kappa shape index (κ3) is 17.9. The lowest BCUT2D eigenvalue weighted by molar-refractivity contribution is -0.146. The number of unbranched alkanes of at least 4 members (excludes halogenated alkanes) is 1. The second kappa shape index (κ2) is 27.0. The molecule has 0 fully saturated rings. The van der Waals surface area contributed by atoms with Crippen molar-refractivity contribution in [2.75, 3.05) is 40.5 Å². The largest absolute Gasteiger partial charge is 0.493 e. The summed E-state index contributed by atoms with van der Waals surface area (Å²) < 4.78 is 28.6. The summed E-state index contributed by atoms with van der Waals surface area (Å²) >= 11 is 0. The highest BCUT2D eigenvalue weighted by molar-refractivity contribution is 6.02. The fourth-order valence-electron chi connectivity index (χ4n) is 8.88. The number of aryl methyl sites for hydroxylation is 3. The van der Waals surface area contributed by atoms with Crippen LogP contribution in [0, 0.1) is 25.7 Å². The van der Waals surface area contributed by atoms with E-state index < -0.39 is 70.9 Å². The molecule has 0 saturated carbocycles. The molecule has 0 radical (unpaired) electrons. The summed E-state index contributed by atoms with van der Waals surface area (Å²) in [5.74, 6) is -3.48. The molecule has 3 N–H and O–H groups in total. The Bertz CT molecular complexity index is 2410. The van der Waals surface area contributed by atoms with Gasteiger partial charge in [-0.05, 0) is 140 Å². The van der Waals surface area contributed by atoms with Crippen molar-refractivity contribution in [2.24, 2.45) is 11.8 Å². The van der Waals surface area contributed by atoms with Crippen molar-refractivity contribution in [2.45, 2.75) is 157 Å². The number of hydrogen-bond acceptors (Lipinski definition) is 12. The summed E-state index contributed by atoms with van der Waals surface area (Å²) in [6.45, 7) is 20.7. The molecule has 4 rings (SSSR count). The number of carbonyl (C=O) groups excluding carboxylic acids is 7. The molecule has 0 saturated heterocycles. The molecule has 0 aliphatic carbocycles. The Kier molecular flexibility index (Phi) is 21.9. The zero-order valence-corrected chi connectivity index (χ0v) is 45.5. The predicted octanol–water partition coefficient (Wildman–Crippen LogP) is 9.51. The minimum Gasteiger partial charge on any atom is -0.493 e. The Labute approximate surface area is 432 Å². The molecule has 0 spiro atoms. The van der Waals surface area contributed by atoms with E-state index in [9.17, 15) is 28.8 Å². The molecule has 1 aliphatic rings. The first-order chi connectivity index (χ1) is 34.4. The number of ether oxygens (including phenoxy) is 5. The number of esters is 1. The van der Waals surface area contributed by atoms with Gasteiger partial charge in [-0.1, -0.05) is 51.5 Å². The van der Waals surface area contributed by atoms with Gasteiger partial charge < -0.3 is 44.5 Å². The van der Waals surface area contributed by atoms with Crippen LogP contribution >= 0.6 is 0 Å². The number of carbonyl (C=O) groups is 7. The Balaban J connectivity index is 1.87. The first-order valence-corrected chi connectivity index (χ1v) is 25.6. The molecule has 0 aromatic heterocycles. The Hall–Kier alpha value is -6.45. The van der Waals surface area contributed by atoms with Crippen LogP contribution in [0.3, 0.4) is 0 Å². The number of rotatable bonds is 20. The van der Waals surface area contributed by atoms with Gasteiger partial charge in [-0.25, -0.2) is 14.4 Å². The second-order valence-electron chi connectivity index (χ2n) is 21.0. The number of Topliss-reactive ketones (excluding diaryl/α,β-unsaturated/α-hetero) is 2. The predicted molar refractivity (Wildman–Crippen MR) is 280 cm³/mol. The van der Waals surface area contributed by atoms with Gasteiger partial charge in [0.1, 0.15) is 41.4 Å². The molecular weight excluding hydrogens is 933 g/mol. The Morgan fingerprint density at radius 2 is 1.36 bits per heavy atom. The number of alkyl carbamates (subject to hydrolysis) is 2. The maximum Gasteiger partial charge on any atom is 0.407 e. The molecule has 4 amide bonds. The van der Waals surface area contributed by atoms with Gasteiger partial charge in [0.25, 0.3) is 0 Å². The van der Waals surface area contributed by atoms with E-state index in [1.54, 1.807) is 78.8 Å².